The van der Waals surface area contributed by atoms with E-state index in [0.717, 1.165) is 31.2 Å². The van der Waals surface area contributed by atoms with E-state index in [1.807, 2.05) is 29.2 Å². The van der Waals surface area contributed by atoms with Gasteiger partial charge in [0.2, 0.25) is 0 Å². The minimum absolute atomic E-state index is 0. The maximum atomic E-state index is 12.9. The van der Waals surface area contributed by atoms with E-state index < -0.39 is 0 Å². The van der Waals surface area contributed by atoms with Gasteiger partial charge in [0.1, 0.15) is 6.10 Å². The predicted molar refractivity (Wildman–Crippen MR) is 93.9 cm³/mol. The van der Waals surface area contributed by atoms with E-state index in [-0.39, 0.29) is 36.6 Å². The van der Waals surface area contributed by atoms with E-state index in [0.29, 0.717) is 17.6 Å². The molecule has 1 aliphatic carbocycles. The van der Waals surface area contributed by atoms with Crippen molar-refractivity contribution in [2.75, 3.05) is 6.54 Å². The smallest absolute Gasteiger partial charge is 0.252 e. The summed E-state index contributed by atoms with van der Waals surface area (Å²) in [6.07, 6.45) is 3.51. The van der Waals surface area contributed by atoms with Gasteiger partial charge in [-0.2, -0.15) is 0 Å². The maximum absolute atomic E-state index is 12.9. The third-order valence-electron chi connectivity index (χ3n) is 4.61. The summed E-state index contributed by atoms with van der Waals surface area (Å²) in [5, 5.41) is 0.713. The number of hydrogen-bond acceptors (Lipinski definition) is 3. The molecule has 1 unspecified atom stereocenters. The molecule has 3 atom stereocenters. The second-order valence-corrected chi connectivity index (χ2v) is 6.70. The van der Waals surface area contributed by atoms with Crippen molar-refractivity contribution in [2.24, 2.45) is 5.73 Å². The lowest BCUT2D eigenvalue weighted by Crippen LogP contribution is -2.42. The lowest BCUT2D eigenvalue weighted by Gasteiger charge is -2.32. The molecule has 1 aromatic rings. The summed E-state index contributed by atoms with van der Waals surface area (Å²) < 4.78 is 5.80. The number of hydrogen-bond donors (Lipinski definition) is 1. The molecule has 1 aromatic carbocycles. The SMILES string of the molecule is CC(c1ccc(Cl)cc1)N(C(=O)[C@@H]1CC[C@H](CN)O1)C1CC1.Cl. The van der Waals surface area contributed by atoms with Crippen molar-refractivity contribution in [1.29, 1.82) is 0 Å². The van der Waals surface area contributed by atoms with E-state index in [1.165, 1.54) is 0 Å². The van der Waals surface area contributed by atoms with Gasteiger partial charge in [-0.25, -0.2) is 0 Å². The van der Waals surface area contributed by atoms with Crippen LogP contribution < -0.4 is 5.73 Å². The second kappa shape index (κ2) is 7.84. The van der Waals surface area contributed by atoms with Gasteiger partial charge in [-0.15, -0.1) is 12.4 Å². The first-order chi connectivity index (χ1) is 10.6. The molecule has 3 rings (SSSR count). The number of amides is 1. The zero-order chi connectivity index (χ0) is 15.7. The Labute approximate surface area is 148 Å². The van der Waals surface area contributed by atoms with E-state index >= 15 is 0 Å². The minimum Gasteiger partial charge on any atom is -0.364 e. The van der Waals surface area contributed by atoms with Crippen molar-refractivity contribution >= 4 is 29.9 Å². The monoisotopic (exact) mass is 358 g/mol. The van der Waals surface area contributed by atoms with Crippen LogP contribution in [0.1, 0.15) is 44.2 Å². The number of ether oxygens (including phenoxy) is 1. The zero-order valence-electron chi connectivity index (χ0n) is 13.3. The number of nitrogens with two attached hydrogens (primary N) is 1. The molecule has 1 saturated heterocycles. The highest BCUT2D eigenvalue weighted by molar-refractivity contribution is 6.30. The van der Waals surface area contributed by atoms with Crippen molar-refractivity contribution < 1.29 is 9.53 Å². The van der Waals surface area contributed by atoms with E-state index in [2.05, 4.69) is 6.92 Å². The molecule has 6 heteroatoms. The van der Waals surface area contributed by atoms with E-state index in [4.69, 9.17) is 22.1 Å². The number of benzene rings is 1. The topological polar surface area (TPSA) is 55.6 Å². The van der Waals surface area contributed by atoms with Crippen molar-refractivity contribution in [3.05, 3.63) is 34.9 Å². The average Bonchev–Trinajstić information content (AvgIpc) is 3.23. The number of rotatable bonds is 5. The molecule has 2 fully saturated rings. The van der Waals surface area contributed by atoms with Crippen LogP contribution in [0, 0.1) is 0 Å². The van der Waals surface area contributed by atoms with Crippen LogP contribution in [0.25, 0.3) is 0 Å². The Bertz CT molecular complexity index is 534. The van der Waals surface area contributed by atoms with Crippen LogP contribution in [0.15, 0.2) is 24.3 Å². The molecule has 0 spiro atoms. The van der Waals surface area contributed by atoms with E-state index in [1.54, 1.807) is 0 Å². The van der Waals surface area contributed by atoms with Gasteiger partial charge < -0.3 is 15.4 Å². The molecule has 4 nitrogen and oxygen atoms in total. The standard InChI is InChI=1S/C17H23ClN2O2.ClH/c1-11(12-2-4-13(18)5-3-12)20(14-6-7-14)17(21)16-9-8-15(10-19)22-16;/h2-5,11,14-16H,6-10,19H2,1H3;1H/t11?,15-,16+;/m1./s1. The Morgan fingerprint density at radius 1 is 1.30 bits per heavy atom. The van der Waals surface area contributed by atoms with Crippen LogP contribution >= 0.6 is 24.0 Å². The fourth-order valence-electron chi connectivity index (χ4n) is 3.17. The fraction of sp³-hybridized carbons (Fsp3) is 0.588. The molecule has 0 bridgehead atoms. The summed E-state index contributed by atoms with van der Waals surface area (Å²) in [6.45, 7) is 2.56. The highest BCUT2D eigenvalue weighted by Gasteiger charge is 2.41. The third kappa shape index (κ3) is 4.18. The summed E-state index contributed by atoms with van der Waals surface area (Å²) in [5.74, 6) is 0.112. The summed E-state index contributed by atoms with van der Waals surface area (Å²) in [7, 11) is 0. The largest absolute Gasteiger partial charge is 0.364 e. The van der Waals surface area contributed by atoms with Crippen LogP contribution in [0.2, 0.25) is 5.02 Å². The molecule has 128 valence electrons. The number of halogens is 2. The summed E-state index contributed by atoms with van der Waals surface area (Å²) in [5.41, 5.74) is 6.76. The molecule has 1 saturated carbocycles. The minimum atomic E-state index is -0.330. The second-order valence-electron chi connectivity index (χ2n) is 6.26. The Balaban J connectivity index is 0.00000192. The molecular formula is C17H24Cl2N2O2. The zero-order valence-corrected chi connectivity index (χ0v) is 14.9. The number of carbonyl (C=O) groups excluding carboxylic acids is 1. The Morgan fingerprint density at radius 3 is 2.48 bits per heavy atom. The van der Waals surface area contributed by atoms with Crippen LogP contribution in [0.4, 0.5) is 0 Å². The Morgan fingerprint density at radius 2 is 1.96 bits per heavy atom. The van der Waals surface area contributed by atoms with Gasteiger partial charge in [0.05, 0.1) is 12.1 Å². The van der Waals surface area contributed by atoms with Gasteiger partial charge in [-0.3, -0.25) is 4.79 Å². The molecule has 1 aliphatic heterocycles. The van der Waals surface area contributed by atoms with Crippen molar-refractivity contribution in [2.45, 2.75) is 56.9 Å². The van der Waals surface area contributed by atoms with Crippen molar-refractivity contribution in [3.8, 4) is 0 Å². The summed E-state index contributed by atoms with van der Waals surface area (Å²) >= 11 is 5.96. The van der Waals surface area contributed by atoms with Gasteiger partial charge in [0, 0.05) is 17.6 Å². The Kier molecular flexibility index (Phi) is 6.32. The van der Waals surface area contributed by atoms with Crippen molar-refractivity contribution in [3.63, 3.8) is 0 Å². The quantitative estimate of drug-likeness (QED) is 0.878. The summed E-state index contributed by atoms with van der Waals surface area (Å²) in [6, 6.07) is 8.12. The molecule has 0 radical (unpaired) electrons. The number of nitrogens with zero attached hydrogens (tertiary/aromatic N) is 1. The molecule has 23 heavy (non-hydrogen) atoms. The molecule has 2 aliphatic rings. The molecule has 1 amide bonds. The predicted octanol–water partition coefficient (Wildman–Crippen LogP) is 3.32. The maximum Gasteiger partial charge on any atom is 0.252 e. The Hall–Kier alpha value is -0.810. The highest BCUT2D eigenvalue weighted by atomic mass is 35.5. The summed E-state index contributed by atoms with van der Waals surface area (Å²) in [4.78, 5) is 14.9. The van der Waals surface area contributed by atoms with Gasteiger partial charge >= 0.3 is 0 Å². The first-order valence-electron chi connectivity index (χ1n) is 8.03. The molecular weight excluding hydrogens is 335 g/mol. The van der Waals surface area contributed by atoms with Gasteiger partial charge in [0.15, 0.2) is 0 Å². The third-order valence-corrected chi connectivity index (χ3v) is 4.86. The fourth-order valence-corrected chi connectivity index (χ4v) is 3.29. The van der Waals surface area contributed by atoms with Gasteiger partial charge in [-0.1, -0.05) is 23.7 Å². The van der Waals surface area contributed by atoms with Crippen molar-refractivity contribution in [1.82, 2.24) is 4.90 Å². The highest BCUT2D eigenvalue weighted by Crippen LogP contribution is 2.36. The van der Waals surface area contributed by atoms with Gasteiger partial charge in [-0.05, 0) is 50.3 Å². The lowest BCUT2D eigenvalue weighted by atomic mass is 10.1. The number of carbonyl (C=O) groups is 1. The lowest BCUT2D eigenvalue weighted by molar-refractivity contribution is -0.145. The van der Waals surface area contributed by atoms with Crippen LogP contribution in [-0.2, 0) is 9.53 Å². The van der Waals surface area contributed by atoms with Crippen LogP contribution in [-0.4, -0.2) is 35.6 Å². The average molecular weight is 359 g/mol. The first kappa shape index (κ1) is 18.5. The first-order valence-corrected chi connectivity index (χ1v) is 8.41. The van der Waals surface area contributed by atoms with Gasteiger partial charge in [0.25, 0.3) is 5.91 Å². The normalized spacial score (nSPS) is 24.8. The molecule has 2 N–H and O–H groups in total. The molecule has 1 heterocycles. The van der Waals surface area contributed by atoms with E-state index in [9.17, 15) is 4.79 Å². The van der Waals surface area contributed by atoms with Crippen LogP contribution in [0.5, 0.6) is 0 Å². The molecule has 0 aromatic heterocycles. The van der Waals surface area contributed by atoms with Crippen LogP contribution in [0.3, 0.4) is 0 Å².